The Morgan fingerprint density at radius 3 is 2.46 bits per heavy atom. The van der Waals surface area contributed by atoms with Crippen molar-refractivity contribution < 1.29 is 19.1 Å². The lowest BCUT2D eigenvalue weighted by molar-refractivity contribution is -0.143. The second kappa shape index (κ2) is 9.85. The number of carbonyl (C=O) groups excluding carboxylic acids is 2. The van der Waals surface area contributed by atoms with Gasteiger partial charge in [-0.1, -0.05) is 30.3 Å². The van der Waals surface area contributed by atoms with Crippen LogP contribution in [0.2, 0.25) is 0 Å². The third-order valence-corrected chi connectivity index (χ3v) is 3.81. The molecule has 0 aliphatic carbocycles. The van der Waals surface area contributed by atoms with Crippen molar-refractivity contribution in [3.63, 3.8) is 0 Å². The highest BCUT2D eigenvalue weighted by Crippen LogP contribution is 2.15. The topological polar surface area (TPSA) is 89.5 Å². The van der Waals surface area contributed by atoms with Gasteiger partial charge in [-0.25, -0.2) is 4.79 Å². The molecule has 2 rings (SSSR count). The number of nitrogens with zero attached hydrogens (tertiary/aromatic N) is 1. The van der Waals surface area contributed by atoms with Crippen LogP contribution in [0.25, 0.3) is 0 Å². The van der Waals surface area contributed by atoms with E-state index < -0.39 is 17.7 Å². The number of anilines is 1. The fourth-order valence-electron chi connectivity index (χ4n) is 2.56. The van der Waals surface area contributed by atoms with Crippen LogP contribution in [-0.4, -0.2) is 35.8 Å². The molecule has 7 heteroatoms. The summed E-state index contributed by atoms with van der Waals surface area (Å²) in [5.74, 6) is -0.360. The van der Waals surface area contributed by atoms with Crippen molar-refractivity contribution in [1.82, 2.24) is 10.3 Å². The number of pyridine rings is 1. The van der Waals surface area contributed by atoms with E-state index in [4.69, 9.17) is 9.47 Å². The standard InChI is InChI=1S/C21H27N3O4/c1-21(2,3)28-20(26)24-16-11-8-12-22-18(16)14-23-17(19(25)27-4)13-15-9-6-5-7-10-15/h5-12,17,23H,13-14H2,1-4H3,(H,24,26). The van der Waals surface area contributed by atoms with Gasteiger partial charge in [0.05, 0.1) is 18.5 Å². The van der Waals surface area contributed by atoms with Crippen molar-refractivity contribution in [2.24, 2.45) is 0 Å². The molecule has 1 aromatic heterocycles. The second-order valence-corrected chi connectivity index (χ2v) is 7.27. The highest BCUT2D eigenvalue weighted by atomic mass is 16.6. The van der Waals surface area contributed by atoms with Gasteiger partial charge in [-0.2, -0.15) is 0 Å². The molecule has 0 aliphatic heterocycles. The summed E-state index contributed by atoms with van der Waals surface area (Å²) in [6, 6.07) is 12.6. The number of esters is 1. The summed E-state index contributed by atoms with van der Waals surface area (Å²) in [5.41, 5.74) is 1.53. The minimum absolute atomic E-state index is 0.276. The number of ether oxygens (including phenoxy) is 2. The molecule has 1 amide bonds. The fourth-order valence-corrected chi connectivity index (χ4v) is 2.56. The number of hydrogen-bond acceptors (Lipinski definition) is 6. The Morgan fingerprint density at radius 2 is 1.82 bits per heavy atom. The molecule has 1 heterocycles. The number of methoxy groups -OCH3 is 1. The highest BCUT2D eigenvalue weighted by molar-refractivity contribution is 5.85. The minimum atomic E-state index is -0.601. The van der Waals surface area contributed by atoms with Crippen LogP contribution in [0.15, 0.2) is 48.7 Å². The van der Waals surface area contributed by atoms with Crippen LogP contribution < -0.4 is 10.6 Å². The first-order valence-corrected chi connectivity index (χ1v) is 9.07. The van der Waals surface area contributed by atoms with Crippen molar-refractivity contribution in [3.8, 4) is 0 Å². The van der Waals surface area contributed by atoms with E-state index >= 15 is 0 Å². The Labute approximate surface area is 165 Å². The molecule has 1 unspecified atom stereocenters. The number of aromatic nitrogens is 1. The molecular formula is C21H27N3O4. The van der Waals surface area contributed by atoms with Crippen molar-refractivity contribution in [2.75, 3.05) is 12.4 Å². The van der Waals surface area contributed by atoms with Gasteiger partial charge in [-0.15, -0.1) is 0 Å². The third kappa shape index (κ3) is 7.00. The number of amides is 1. The van der Waals surface area contributed by atoms with Crippen molar-refractivity contribution >= 4 is 17.7 Å². The first-order chi connectivity index (χ1) is 13.3. The van der Waals surface area contributed by atoms with Gasteiger partial charge in [0.25, 0.3) is 0 Å². The number of nitrogens with one attached hydrogen (secondary N) is 2. The summed E-state index contributed by atoms with van der Waals surface area (Å²) < 4.78 is 10.2. The monoisotopic (exact) mass is 385 g/mol. The molecular weight excluding hydrogens is 358 g/mol. The lowest BCUT2D eigenvalue weighted by atomic mass is 10.1. The van der Waals surface area contributed by atoms with E-state index in [1.807, 2.05) is 30.3 Å². The minimum Gasteiger partial charge on any atom is -0.468 e. The van der Waals surface area contributed by atoms with Crippen LogP contribution in [0, 0.1) is 0 Å². The summed E-state index contributed by atoms with van der Waals surface area (Å²) >= 11 is 0. The molecule has 1 atom stereocenters. The predicted octanol–water partition coefficient (Wildman–Crippen LogP) is 3.30. The number of carbonyl (C=O) groups is 2. The zero-order valence-corrected chi connectivity index (χ0v) is 16.7. The largest absolute Gasteiger partial charge is 0.468 e. The molecule has 0 saturated heterocycles. The molecule has 28 heavy (non-hydrogen) atoms. The maximum atomic E-state index is 12.2. The second-order valence-electron chi connectivity index (χ2n) is 7.27. The maximum absolute atomic E-state index is 12.2. The third-order valence-electron chi connectivity index (χ3n) is 3.81. The Bertz CT molecular complexity index is 788. The SMILES string of the molecule is COC(=O)C(Cc1ccccc1)NCc1ncccc1NC(=O)OC(C)(C)C. The molecule has 1 aromatic carbocycles. The zero-order chi connectivity index (χ0) is 20.6. The first kappa shape index (κ1) is 21.4. The van der Waals surface area contributed by atoms with Gasteiger partial charge in [0.2, 0.25) is 0 Å². The molecule has 0 bridgehead atoms. The predicted molar refractivity (Wildman–Crippen MR) is 107 cm³/mol. The van der Waals surface area contributed by atoms with E-state index in [0.29, 0.717) is 17.8 Å². The zero-order valence-electron chi connectivity index (χ0n) is 16.7. The molecule has 0 aliphatic rings. The lowest BCUT2D eigenvalue weighted by Gasteiger charge is -2.21. The van der Waals surface area contributed by atoms with Crippen LogP contribution >= 0.6 is 0 Å². The molecule has 0 spiro atoms. The van der Waals surface area contributed by atoms with E-state index in [1.54, 1.807) is 39.1 Å². The van der Waals surface area contributed by atoms with E-state index in [0.717, 1.165) is 5.56 Å². The normalized spacial score (nSPS) is 12.1. The molecule has 0 radical (unpaired) electrons. The van der Waals surface area contributed by atoms with Gasteiger partial charge in [0.15, 0.2) is 0 Å². The van der Waals surface area contributed by atoms with Crippen LogP contribution in [0.1, 0.15) is 32.0 Å². The van der Waals surface area contributed by atoms with E-state index in [2.05, 4.69) is 15.6 Å². The number of benzene rings is 1. The quantitative estimate of drug-likeness (QED) is 0.711. The van der Waals surface area contributed by atoms with Crippen LogP contribution in [0.5, 0.6) is 0 Å². The number of hydrogen-bond donors (Lipinski definition) is 2. The average Bonchev–Trinajstić information content (AvgIpc) is 2.64. The Kier molecular flexibility index (Phi) is 7.52. The van der Waals surface area contributed by atoms with Crippen molar-refractivity contribution in [3.05, 3.63) is 59.9 Å². The van der Waals surface area contributed by atoms with Crippen molar-refractivity contribution in [1.29, 1.82) is 0 Å². The van der Waals surface area contributed by atoms with Gasteiger partial charge in [-0.3, -0.25) is 20.4 Å². The Hall–Kier alpha value is -2.93. The van der Waals surface area contributed by atoms with Gasteiger partial charge in [0, 0.05) is 12.7 Å². The van der Waals surface area contributed by atoms with Gasteiger partial charge in [0.1, 0.15) is 11.6 Å². The molecule has 2 N–H and O–H groups in total. The van der Waals surface area contributed by atoms with Gasteiger partial charge >= 0.3 is 12.1 Å². The summed E-state index contributed by atoms with van der Waals surface area (Å²) in [4.78, 5) is 28.5. The molecule has 150 valence electrons. The molecule has 7 nitrogen and oxygen atoms in total. The lowest BCUT2D eigenvalue weighted by Crippen LogP contribution is -2.39. The Balaban J connectivity index is 2.06. The van der Waals surface area contributed by atoms with E-state index in [-0.39, 0.29) is 12.5 Å². The van der Waals surface area contributed by atoms with Gasteiger partial charge in [-0.05, 0) is 44.9 Å². The summed E-state index contributed by atoms with van der Waals surface area (Å²) in [5, 5.41) is 5.87. The summed E-state index contributed by atoms with van der Waals surface area (Å²) in [7, 11) is 1.36. The van der Waals surface area contributed by atoms with Crippen LogP contribution in [-0.2, 0) is 27.2 Å². The van der Waals surface area contributed by atoms with Crippen LogP contribution in [0.4, 0.5) is 10.5 Å². The summed E-state index contributed by atoms with van der Waals surface area (Å²) in [6.45, 7) is 5.66. The average molecular weight is 385 g/mol. The fraction of sp³-hybridized carbons (Fsp3) is 0.381. The molecule has 0 fully saturated rings. The van der Waals surface area contributed by atoms with Crippen LogP contribution in [0.3, 0.4) is 0 Å². The first-order valence-electron chi connectivity index (χ1n) is 9.07. The number of rotatable bonds is 7. The highest BCUT2D eigenvalue weighted by Gasteiger charge is 2.21. The van der Waals surface area contributed by atoms with E-state index in [1.165, 1.54) is 7.11 Å². The molecule has 0 saturated carbocycles. The smallest absolute Gasteiger partial charge is 0.412 e. The van der Waals surface area contributed by atoms with Gasteiger partial charge < -0.3 is 9.47 Å². The van der Waals surface area contributed by atoms with Crippen molar-refractivity contribution in [2.45, 2.75) is 45.4 Å². The van der Waals surface area contributed by atoms with E-state index in [9.17, 15) is 9.59 Å². The maximum Gasteiger partial charge on any atom is 0.412 e. The molecule has 2 aromatic rings. The Morgan fingerprint density at radius 1 is 1.11 bits per heavy atom. The summed E-state index contributed by atoms with van der Waals surface area (Å²) in [6.07, 6.45) is 1.55.